The largest absolute Gasteiger partial charge is 0.493 e. The topological polar surface area (TPSA) is 38.8 Å². The summed E-state index contributed by atoms with van der Waals surface area (Å²) in [5, 5.41) is 0. The van der Waals surface area contributed by atoms with Crippen molar-refractivity contribution < 1.29 is 14.3 Å². The molecule has 16 heavy (non-hydrogen) atoms. The lowest BCUT2D eigenvalue weighted by molar-refractivity contribution is -0.116. The van der Waals surface area contributed by atoms with Crippen molar-refractivity contribution in [3.8, 4) is 11.5 Å². The van der Waals surface area contributed by atoms with Gasteiger partial charge < -0.3 is 14.4 Å². The van der Waals surface area contributed by atoms with Crippen LogP contribution in [0.1, 0.15) is 12.5 Å². The molecule has 0 bridgehead atoms. The fourth-order valence-electron chi connectivity index (χ4n) is 1.50. The molecule has 0 aliphatic carbocycles. The van der Waals surface area contributed by atoms with E-state index in [1.54, 1.807) is 32.2 Å². The van der Waals surface area contributed by atoms with Crippen LogP contribution in [0.3, 0.4) is 0 Å². The molecular formula is C12H17NO3. The van der Waals surface area contributed by atoms with Gasteiger partial charge in [-0.25, -0.2) is 0 Å². The van der Waals surface area contributed by atoms with Gasteiger partial charge in [0.2, 0.25) is 5.91 Å². The SMILES string of the molecule is COc1cc(C)c(N(C)C(C)=O)cc1OC. The zero-order chi connectivity index (χ0) is 12.3. The van der Waals surface area contributed by atoms with E-state index in [9.17, 15) is 4.79 Å². The smallest absolute Gasteiger partial charge is 0.223 e. The molecule has 0 heterocycles. The highest BCUT2D eigenvalue weighted by Gasteiger charge is 2.13. The number of anilines is 1. The Kier molecular flexibility index (Phi) is 3.77. The number of hydrogen-bond acceptors (Lipinski definition) is 3. The molecule has 1 aromatic carbocycles. The van der Waals surface area contributed by atoms with E-state index in [0.717, 1.165) is 11.3 Å². The Bertz CT molecular complexity index is 401. The van der Waals surface area contributed by atoms with Crippen LogP contribution in [0.5, 0.6) is 11.5 Å². The Morgan fingerprint density at radius 1 is 1.19 bits per heavy atom. The molecule has 1 amide bonds. The first kappa shape index (κ1) is 12.4. The number of carbonyl (C=O) groups is 1. The van der Waals surface area contributed by atoms with E-state index in [0.29, 0.717) is 11.5 Å². The van der Waals surface area contributed by atoms with Gasteiger partial charge in [-0.15, -0.1) is 0 Å². The molecule has 88 valence electrons. The third-order valence-corrected chi connectivity index (χ3v) is 2.54. The third-order valence-electron chi connectivity index (χ3n) is 2.54. The number of aryl methyl sites for hydroxylation is 1. The second-order valence-corrected chi connectivity index (χ2v) is 3.57. The van der Waals surface area contributed by atoms with Gasteiger partial charge in [0.1, 0.15) is 0 Å². The molecule has 0 radical (unpaired) electrons. The summed E-state index contributed by atoms with van der Waals surface area (Å²) in [5.74, 6) is 1.27. The predicted octanol–water partition coefficient (Wildman–Crippen LogP) is 1.99. The normalized spacial score (nSPS) is 9.81. The fraction of sp³-hybridized carbons (Fsp3) is 0.417. The predicted molar refractivity (Wildman–Crippen MR) is 63.4 cm³/mol. The number of hydrogen-bond donors (Lipinski definition) is 0. The minimum Gasteiger partial charge on any atom is -0.493 e. The van der Waals surface area contributed by atoms with E-state index in [2.05, 4.69) is 0 Å². The summed E-state index contributed by atoms with van der Waals surface area (Å²) in [6, 6.07) is 3.66. The molecule has 0 fully saturated rings. The van der Waals surface area contributed by atoms with Crippen LogP contribution < -0.4 is 14.4 Å². The van der Waals surface area contributed by atoms with E-state index in [1.165, 1.54) is 6.92 Å². The van der Waals surface area contributed by atoms with Crippen molar-refractivity contribution in [2.45, 2.75) is 13.8 Å². The maximum absolute atomic E-state index is 11.3. The van der Waals surface area contributed by atoms with Crippen LogP contribution in [-0.4, -0.2) is 27.2 Å². The fourth-order valence-corrected chi connectivity index (χ4v) is 1.50. The molecule has 0 spiro atoms. The highest BCUT2D eigenvalue weighted by Crippen LogP contribution is 2.34. The highest BCUT2D eigenvalue weighted by molar-refractivity contribution is 5.92. The number of nitrogens with zero attached hydrogens (tertiary/aromatic N) is 1. The summed E-state index contributed by atoms with van der Waals surface area (Å²) >= 11 is 0. The number of benzene rings is 1. The van der Waals surface area contributed by atoms with Gasteiger partial charge in [-0.1, -0.05) is 0 Å². The molecule has 0 aliphatic heterocycles. The molecule has 0 aromatic heterocycles. The lowest BCUT2D eigenvalue weighted by atomic mass is 10.1. The Balaban J connectivity index is 3.26. The zero-order valence-corrected chi connectivity index (χ0v) is 10.3. The molecule has 0 N–H and O–H groups in total. The average molecular weight is 223 g/mol. The van der Waals surface area contributed by atoms with E-state index in [-0.39, 0.29) is 5.91 Å². The van der Waals surface area contributed by atoms with Crippen LogP contribution in [0.2, 0.25) is 0 Å². The summed E-state index contributed by atoms with van der Waals surface area (Å²) in [6.07, 6.45) is 0. The van der Waals surface area contributed by atoms with Gasteiger partial charge in [-0.05, 0) is 18.6 Å². The summed E-state index contributed by atoms with van der Waals surface area (Å²) in [6.45, 7) is 3.45. The molecule has 0 saturated heterocycles. The Morgan fingerprint density at radius 3 is 2.12 bits per heavy atom. The van der Waals surface area contributed by atoms with Crippen molar-refractivity contribution in [2.75, 3.05) is 26.2 Å². The molecule has 1 aromatic rings. The first-order valence-corrected chi connectivity index (χ1v) is 4.98. The first-order valence-electron chi connectivity index (χ1n) is 4.98. The summed E-state index contributed by atoms with van der Waals surface area (Å²) in [7, 11) is 4.90. The van der Waals surface area contributed by atoms with E-state index in [1.807, 2.05) is 13.0 Å². The maximum Gasteiger partial charge on any atom is 0.223 e. The Hall–Kier alpha value is -1.71. The molecule has 0 aliphatic rings. The van der Waals surface area contributed by atoms with Crippen molar-refractivity contribution >= 4 is 11.6 Å². The number of carbonyl (C=O) groups excluding carboxylic acids is 1. The van der Waals surface area contributed by atoms with Gasteiger partial charge in [-0.3, -0.25) is 4.79 Å². The maximum atomic E-state index is 11.3. The van der Waals surface area contributed by atoms with Crippen LogP contribution in [0.25, 0.3) is 0 Å². The first-order chi connectivity index (χ1) is 7.51. The zero-order valence-electron chi connectivity index (χ0n) is 10.3. The third kappa shape index (κ3) is 2.27. The van der Waals surface area contributed by atoms with Crippen LogP contribution >= 0.6 is 0 Å². The van der Waals surface area contributed by atoms with Crippen molar-refractivity contribution in [1.82, 2.24) is 0 Å². The van der Waals surface area contributed by atoms with Crippen molar-refractivity contribution in [2.24, 2.45) is 0 Å². The molecule has 0 atom stereocenters. The summed E-state index contributed by atoms with van der Waals surface area (Å²) < 4.78 is 10.4. The Morgan fingerprint density at radius 2 is 1.69 bits per heavy atom. The number of amides is 1. The molecule has 4 heteroatoms. The van der Waals surface area contributed by atoms with Gasteiger partial charge >= 0.3 is 0 Å². The summed E-state index contributed by atoms with van der Waals surface area (Å²) in [5.41, 5.74) is 1.79. The van der Waals surface area contributed by atoms with Crippen LogP contribution in [0.15, 0.2) is 12.1 Å². The van der Waals surface area contributed by atoms with Gasteiger partial charge in [0.25, 0.3) is 0 Å². The van der Waals surface area contributed by atoms with Gasteiger partial charge in [-0.2, -0.15) is 0 Å². The van der Waals surface area contributed by atoms with Gasteiger partial charge in [0.15, 0.2) is 11.5 Å². The minimum atomic E-state index is -0.0182. The highest BCUT2D eigenvalue weighted by atomic mass is 16.5. The minimum absolute atomic E-state index is 0.0182. The number of ether oxygens (including phenoxy) is 2. The van der Waals surface area contributed by atoms with E-state index < -0.39 is 0 Å². The molecule has 1 rings (SSSR count). The molecule has 0 saturated carbocycles. The summed E-state index contributed by atoms with van der Waals surface area (Å²) in [4.78, 5) is 12.9. The quantitative estimate of drug-likeness (QED) is 0.786. The lowest BCUT2D eigenvalue weighted by Gasteiger charge is -2.19. The van der Waals surface area contributed by atoms with Gasteiger partial charge in [0.05, 0.1) is 19.9 Å². The van der Waals surface area contributed by atoms with Crippen molar-refractivity contribution in [3.05, 3.63) is 17.7 Å². The standard InChI is InChI=1S/C12H17NO3/c1-8-6-11(15-4)12(16-5)7-10(8)13(3)9(2)14/h6-7H,1-5H3. The second-order valence-electron chi connectivity index (χ2n) is 3.57. The van der Waals surface area contributed by atoms with Crippen molar-refractivity contribution in [3.63, 3.8) is 0 Å². The Labute approximate surface area is 95.8 Å². The molecular weight excluding hydrogens is 206 g/mol. The van der Waals surface area contributed by atoms with Crippen LogP contribution in [0.4, 0.5) is 5.69 Å². The van der Waals surface area contributed by atoms with Crippen molar-refractivity contribution in [1.29, 1.82) is 0 Å². The lowest BCUT2D eigenvalue weighted by Crippen LogP contribution is -2.23. The monoisotopic (exact) mass is 223 g/mol. The second kappa shape index (κ2) is 4.88. The van der Waals surface area contributed by atoms with Crippen LogP contribution in [-0.2, 0) is 4.79 Å². The molecule has 0 unspecified atom stereocenters. The van der Waals surface area contributed by atoms with E-state index in [4.69, 9.17) is 9.47 Å². The van der Waals surface area contributed by atoms with Gasteiger partial charge in [0, 0.05) is 20.0 Å². The molecule has 4 nitrogen and oxygen atoms in total. The van der Waals surface area contributed by atoms with E-state index >= 15 is 0 Å². The number of methoxy groups -OCH3 is 2. The average Bonchev–Trinajstić information content (AvgIpc) is 2.27. The number of rotatable bonds is 3. The van der Waals surface area contributed by atoms with Crippen LogP contribution in [0, 0.1) is 6.92 Å².